The molecular formula is C16H20F4N4O3. The van der Waals surface area contributed by atoms with Gasteiger partial charge in [-0.2, -0.15) is 0 Å². The number of carbonyl (C=O) groups is 2. The minimum atomic E-state index is -5.01. The Balaban J connectivity index is 2.16. The van der Waals surface area contributed by atoms with Crippen LogP contribution in [0.25, 0.3) is 0 Å². The average molecular weight is 392 g/mol. The van der Waals surface area contributed by atoms with Crippen molar-refractivity contribution < 1.29 is 31.9 Å². The first-order valence-corrected chi connectivity index (χ1v) is 8.13. The lowest BCUT2D eigenvalue weighted by atomic mass is 9.95. The van der Waals surface area contributed by atoms with Gasteiger partial charge in [-0.25, -0.2) is 4.39 Å². The zero-order valence-electron chi connectivity index (χ0n) is 14.6. The molecule has 1 aromatic rings. The lowest BCUT2D eigenvalue weighted by Gasteiger charge is -2.31. The highest BCUT2D eigenvalue weighted by Crippen LogP contribution is 2.30. The van der Waals surface area contributed by atoms with Crippen molar-refractivity contribution in [3.05, 3.63) is 29.6 Å². The fraction of sp³-hybridized carbons (Fsp3) is 0.500. The number of carbonyl (C=O) groups excluding carboxylic acids is 2. The summed E-state index contributed by atoms with van der Waals surface area (Å²) in [5.41, 5.74) is 5.82. The van der Waals surface area contributed by atoms with Gasteiger partial charge in [-0.15, -0.1) is 13.2 Å². The average Bonchev–Trinajstić information content (AvgIpc) is 2.52. The number of hydrogen-bond acceptors (Lipinski definition) is 5. The van der Waals surface area contributed by atoms with Crippen LogP contribution in [0.15, 0.2) is 18.2 Å². The van der Waals surface area contributed by atoms with E-state index < -0.39 is 48.1 Å². The summed E-state index contributed by atoms with van der Waals surface area (Å²) in [6.45, 7) is 3.49. The maximum Gasteiger partial charge on any atom is 0.573 e. The number of nitrogens with two attached hydrogens (primary N) is 1. The smallest absolute Gasteiger partial charge is 0.403 e. The van der Waals surface area contributed by atoms with Gasteiger partial charge in [0.2, 0.25) is 11.8 Å². The first kappa shape index (κ1) is 20.9. The zero-order chi connectivity index (χ0) is 20.4. The molecule has 0 aliphatic carbocycles. The Morgan fingerprint density at radius 1 is 1.37 bits per heavy atom. The lowest BCUT2D eigenvalue weighted by molar-refractivity contribution is -0.275. The van der Waals surface area contributed by atoms with Crippen molar-refractivity contribution in [2.75, 3.05) is 0 Å². The largest absolute Gasteiger partial charge is 0.573 e. The number of ether oxygens (including phenoxy) is 1. The van der Waals surface area contributed by atoms with Crippen LogP contribution in [-0.4, -0.2) is 30.5 Å². The number of hydrogen-bond donors (Lipinski definition) is 4. The van der Waals surface area contributed by atoms with E-state index in [1.165, 1.54) is 6.07 Å². The van der Waals surface area contributed by atoms with E-state index in [9.17, 15) is 27.2 Å². The van der Waals surface area contributed by atoms with E-state index >= 15 is 0 Å². The van der Waals surface area contributed by atoms with Crippen molar-refractivity contribution in [2.45, 2.75) is 45.0 Å². The SMILES string of the molecule is CC(C)[C@@H](NC(=O)C1CC(=O)NC(N)N1)c1ccc(OC(F)(F)F)c(F)c1. The van der Waals surface area contributed by atoms with Crippen molar-refractivity contribution in [2.24, 2.45) is 11.7 Å². The number of rotatable bonds is 5. The third kappa shape index (κ3) is 5.79. The minimum Gasteiger partial charge on any atom is -0.403 e. The van der Waals surface area contributed by atoms with Crippen molar-refractivity contribution in [3.63, 3.8) is 0 Å². The molecule has 0 bridgehead atoms. The van der Waals surface area contributed by atoms with Gasteiger partial charge in [0.05, 0.1) is 18.5 Å². The normalized spacial score (nSPS) is 21.6. The number of alkyl halides is 3. The Morgan fingerprint density at radius 3 is 2.56 bits per heavy atom. The first-order valence-electron chi connectivity index (χ1n) is 8.13. The van der Waals surface area contributed by atoms with Crippen LogP contribution < -0.4 is 26.4 Å². The molecule has 3 atom stereocenters. The molecule has 0 radical (unpaired) electrons. The van der Waals surface area contributed by atoms with Gasteiger partial charge in [0, 0.05) is 0 Å². The monoisotopic (exact) mass is 392 g/mol. The third-order valence-electron chi connectivity index (χ3n) is 3.91. The van der Waals surface area contributed by atoms with Gasteiger partial charge in [0.1, 0.15) is 6.29 Å². The zero-order valence-corrected chi connectivity index (χ0v) is 14.6. The number of halogens is 4. The Bertz CT molecular complexity index is 711. The summed E-state index contributed by atoms with van der Waals surface area (Å²) >= 11 is 0. The van der Waals surface area contributed by atoms with Gasteiger partial charge in [-0.1, -0.05) is 19.9 Å². The molecule has 1 aromatic carbocycles. The van der Waals surface area contributed by atoms with Crippen LogP contribution in [0.4, 0.5) is 17.6 Å². The van der Waals surface area contributed by atoms with Gasteiger partial charge >= 0.3 is 6.36 Å². The van der Waals surface area contributed by atoms with E-state index in [2.05, 4.69) is 20.7 Å². The summed E-state index contributed by atoms with van der Waals surface area (Å²) in [4.78, 5) is 23.9. The second-order valence-electron chi connectivity index (χ2n) is 6.44. The van der Waals surface area contributed by atoms with Crippen molar-refractivity contribution in [1.82, 2.24) is 16.0 Å². The number of benzene rings is 1. The van der Waals surface area contributed by atoms with Gasteiger partial charge in [-0.3, -0.25) is 20.6 Å². The topological polar surface area (TPSA) is 105 Å². The van der Waals surface area contributed by atoms with E-state index in [1.807, 2.05) is 0 Å². The molecule has 1 saturated heterocycles. The molecule has 11 heteroatoms. The van der Waals surface area contributed by atoms with Gasteiger partial charge in [-0.05, 0) is 23.6 Å². The summed E-state index contributed by atoms with van der Waals surface area (Å²) < 4.78 is 54.3. The van der Waals surface area contributed by atoms with Crippen LogP contribution in [0, 0.1) is 11.7 Å². The molecule has 27 heavy (non-hydrogen) atoms. The van der Waals surface area contributed by atoms with Crippen molar-refractivity contribution >= 4 is 11.8 Å². The van der Waals surface area contributed by atoms with Crippen LogP contribution in [0.3, 0.4) is 0 Å². The van der Waals surface area contributed by atoms with Crippen LogP contribution >= 0.6 is 0 Å². The van der Waals surface area contributed by atoms with E-state index in [-0.39, 0.29) is 17.9 Å². The van der Waals surface area contributed by atoms with Crippen LogP contribution in [-0.2, 0) is 9.59 Å². The van der Waals surface area contributed by atoms with Crippen molar-refractivity contribution in [3.8, 4) is 5.75 Å². The molecule has 150 valence electrons. The molecule has 1 aliphatic rings. The highest BCUT2D eigenvalue weighted by atomic mass is 19.4. The molecule has 7 nitrogen and oxygen atoms in total. The standard InChI is InChI=1S/C16H20F4N4O3/c1-7(2)13(24-14(26)10-6-12(25)23-15(21)22-10)8-3-4-11(9(17)5-8)27-16(18,19)20/h3-5,7,10,13,15,22H,6,21H2,1-2H3,(H,23,25)(H,24,26)/t10?,13-,15?/m1/s1. The lowest BCUT2D eigenvalue weighted by Crippen LogP contribution is -2.64. The molecule has 2 amide bonds. The molecule has 0 saturated carbocycles. The Labute approximate surface area is 152 Å². The van der Waals surface area contributed by atoms with Crippen LogP contribution in [0.2, 0.25) is 0 Å². The number of nitrogens with one attached hydrogen (secondary N) is 3. The van der Waals surface area contributed by atoms with E-state index in [0.29, 0.717) is 0 Å². The van der Waals surface area contributed by atoms with Gasteiger partial charge in [0.25, 0.3) is 0 Å². The molecule has 2 unspecified atom stereocenters. The van der Waals surface area contributed by atoms with Crippen molar-refractivity contribution in [1.29, 1.82) is 0 Å². The predicted octanol–water partition coefficient (Wildman–Crippen LogP) is 1.26. The fourth-order valence-electron chi connectivity index (χ4n) is 2.71. The summed E-state index contributed by atoms with van der Waals surface area (Å²) in [5.74, 6) is -3.32. The molecule has 0 aromatic heterocycles. The fourth-order valence-corrected chi connectivity index (χ4v) is 2.71. The van der Waals surface area contributed by atoms with Gasteiger partial charge < -0.3 is 15.4 Å². The minimum absolute atomic E-state index is 0.128. The maximum atomic E-state index is 14.0. The second kappa shape index (κ2) is 8.09. The molecule has 1 aliphatic heterocycles. The Hall–Kier alpha value is -2.40. The Morgan fingerprint density at radius 2 is 2.04 bits per heavy atom. The quantitative estimate of drug-likeness (QED) is 0.565. The molecule has 2 rings (SSSR count). The Kier molecular flexibility index (Phi) is 6.26. The summed E-state index contributed by atoms with van der Waals surface area (Å²) in [5, 5.41) is 7.77. The second-order valence-corrected chi connectivity index (χ2v) is 6.44. The van der Waals surface area contributed by atoms with Crippen LogP contribution in [0.5, 0.6) is 5.75 Å². The highest BCUT2D eigenvalue weighted by Gasteiger charge is 2.33. The van der Waals surface area contributed by atoms with E-state index in [4.69, 9.17) is 5.73 Å². The molecular weight excluding hydrogens is 372 g/mol. The van der Waals surface area contributed by atoms with Crippen LogP contribution in [0.1, 0.15) is 31.9 Å². The molecule has 5 N–H and O–H groups in total. The molecule has 0 spiro atoms. The van der Waals surface area contributed by atoms with E-state index in [1.54, 1.807) is 13.8 Å². The predicted molar refractivity (Wildman–Crippen MR) is 86.5 cm³/mol. The third-order valence-corrected chi connectivity index (χ3v) is 3.91. The maximum absolute atomic E-state index is 14.0. The number of amides is 2. The van der Waals surface area contributed by atoms with Gasteiger partial charge in [0.15, 0.2) is 11.6 Å². The first-order chi connectivity index (χ1) is 12.5. The summed E-state index contributed by atoms with van der Waals surface area (Å²) in [6.07, 6.45) is -6.02. The summed E-state index contributed by atoms with van der Waals surface area (Å²) in [6, 6.07) is 1.38. The highest BCUT2D eigenvalue weighted by molar-refractivity contribution is 5.89. The summed E-state index contributed by atoms with van der Waals surface area (Å²) in [7, 11) is 0. The molecule has 1 fully saturated rings. The van der Waals surface area contributed by atoms with E-state index in [0.717, 1.165) is 12.1 Å². The molecule has 1 heterocycles.